The second-order valence-corrected chi connectivity index (χ2v) is 18.9. The number of methoxy groups -OCH3 is 2. The maximum absolute atomic E-state index is 13.8. The Labute approximate surface area is 379 Å². The van der Waals surface area contributed by atoms with Gasteiger partial charge in [0.2, 0.25) is 0 Å². The Morgan fingerprint density at radius 3 is 2.09 bits per heavy atom. The van der Waals surface area contributed by atoms with Crippen LogP contribution in [0.3, 0.4) is 0 Å². The van der Waals surface area contributed by atoms with E-state index in [0.29, 0.717) is 12.0 Å². The van der Waals surface area contributed by atoms with E-state index >= 15 is 0 Å². The molecule has 0 aromatic heterocycles. The number of ether oxygens (including phenoxy) is 9. The van der Waals surface area contributed by atoms with Crippen LogP contribution in [0.4, 0.5) is 0 Å². The van der Waals surface area contributed by atoms with Crippen molar-refractivity contribution in [2.24, 2.45) is 23.7 Å². The minimum absolute atomic E-state index is 0.00151. The van der Waals surface area contributed by atoms with E-state index in [4.69, 9.17) is 42.6 Å². The third kappa shape index (κ3) is 13.6. The van der Waals surface area contributed by atoms with Gasteiger partial charge in [0.15, 0.2) is 24.7 Å². The van der Waals surface area contributed by atoms with Crippen molar-refractivity contribution in [2.45, 2.75) is 191 Å². The zero-order valence-electron chi connectivity index (χ0n) is 39.9. The number of carbonyl (C=O) groups excluding carboxylic acids is 2. The summed E-state index contributed by atoms with van der Waals surface area (Å²) in [5.41, 5.74) is -0.782. The lowest BCUT2D eigenvalue weighted by atomic mass is 9.79. The molecule has 0 aromatic carbocycles. The molecule has 6 N–H and O–H groups in total. The van der Waals surface area contributed by atoms with Crippen molar-refractivity contribution in [3.05, 3.63) is 23.8 Å². The summed E-state index contributed by atoms with van der Waals surface area (Å²) in [4.78, 5) is 29.3. The van der Waals surface area contributed by atoms with Crippen molar-refractivity contribution in [1.29, 1.82) is 0 Å². The number of cyclic esters (lactones) is 1. The topological polar surface area (TPSA) is 242 Å². The molecule has 0 spiro atoms. The molecule has 18 nitrogen and oxygen atoms in total. The number of nitrogens with zero attached hydrogens (tertiary/aromatic N) is 1. The van der Waals surface area contributed by atoms with Gasteiger partial charge in [-0.2, -0.15) is 0 Å². The number of ketones is 1. The molecular weight excluding hydrogens is 838 g/mol. The molecular formula is C46H79NO17. The molecule has 21 atom stereocenters. The summed E-state index contributed by atoms with van der Waals surface area (Å²) in [6.45, 7) is 13.5. The van der Waals surface area contributed by atoms with Crippen molar-refractivity contribution >= 4 is 11.8 Å². The predicted molar refractivity (Wildman–Crippen MR) is 231 cm³/mol. The molecule has 21 unspecified atom stereocenters. The molecule has 0 aliphatic carbocycles. The number of hydrogen-bond acceptors (Lipinski definition) is 18. The zero-order chi connectivity index (χ0) is 47.8. The van der Waals surface area contributed by atoms with Crippen LogP contribution in [0.15, 0.2) is 23.8 Å². The van der Waals surface area contributed by atoms with E-state index in [1.807, 2.05) is 19.9 Å². The SMILES string of the molecule is CCC1OC(=O)CC(O)C(C)C(OC2OC(C)C(OC3CC(C)(O)C(O)C(C)O3)C(N(C)C)C2O)C(CCO)CC(C)C(=O)/C=C\C(C)=C/C1COC1OC(C)C(O)C(OC)C1OC. The Bertz CT molecular complexity index is 1530. The lowest BCUT2D eigenvalue weighted by Gasteiger charge is -2.50. The number of allylic oxidation sites excluding steroid dienone is 3. The van der Waals surface area contributed by atoms with Gasteiger partial charge in [0.1, 0.15) is 42.7 Å². The maximum Gasteiger partial charge on any atom is 0.308 e. The highest BCUT2D eigenvalue weighted by atomic mass is 16.7. The largest absolute Gasteiger partial charge is 0.462 e. The first-order valence-corrected chi connectivity index (χ1v) is 22.8. The van der Waals surface area contributed by atoms with Crippen LogP contribution >= 0.6 is 0 Å². The van der Waals surface area contributed by atoms with Crippen LogP contribution in [0, 0.1) is 23.7 Å². The van der Waals surface area contributed by atoms with E-state index in [1.54, 1.807) is 59.7 Å². The molecule has 0 bridgehead atoms. The number of likely N-dealkylation sites (N-methyl/N-ethyl adjacent to an activating group) is 1. The summed E-state index contributed by atoms with van der Waals surface area (Å²) < 4.78 is 54.8. The van der Waals surface area contributed by atoms with Gasteiger partial charge in [-0.25, -0.2) is 0 Å². The fourth-order valence-electron chi connectivity index (χ4n) is 9.60. The zero-order valence-corrected chi connectivity index (χ0v) is 39.9. The summed E-state index contributed by atoms with van der Waals surface area (Å²) in [7, 11) is 6.47. The Kier molecular flexibility index (Phi) is 20.8. The van der Waals surface area contributed by atoms with Crippen molar-refractivity contribution in [3.63, 3.8) is 0 Å². The van der Waals surface area contributed by atoms with E-state index in [2.05, 4.69) is 0 Å². The van der Waals surface area contributed by atoms with E-state index in [9.17, 15) is 40.2 Å². The molecule has 0 radical (unpaired) electrons. The molecule has 4 rings (SSSR count). The summed E-state index contributed by atoms with van der Waals surface area (Å²) in [6, 6.07) is -0.728. The molecule has 4 heterocycles. The van der Waals surface area contributed by atoms with Gasteiger partial charge < -0.3 is 78.2 Å². The molecule has 64 heavy (non-hydrogen) atoms. The molecule has 370 valence electrons. The lowest BCUT2D eigenvalue weighted by Crippen LogP contribution is -2.65. The highest BCUT2D eigenvalue weighted by Crippen LogP contribution is 2.38. The highest BCUT2D eigenvalue weighted by molar-refractivity contribution is 5.91. The molecule has 0 aromatic rings. The molecule has 0 saturated carbocycles. The Morgan fingerprint density at radius 2 is 1.50 bits per heavy atom. The number of rotatable bonds is 13. The summed E-state index contributed by atoms with van der Waals surface area (Å²) >= 11 is 0. The number of carbonyl (C=O) groups is 2. The van der Waals surface area contributed by atoms with E-state index < -0.39 is 140 Å². The molecule has 4 aliphatic heterocycles. The predicted octanol–water partition coefficient (Wildman–Crippen LogP) is 1.63. The average molecular weight is 918 g/mol. The fraction of sp³-hybridized carbons (Fsp3) is 0.870. The summed E-state index contributed by atoms with van der Waals surface area (Å²) in [6.07, 6.45) is -8.52. The fourth-order valence-corrected chi connectivity index (χ4v) is 9.60. The normalized spacial score (nSPS) is 46.0. The van der Waals surface area contributed by atoms with Crippen LogP contribution < -0.4 is 0 Å². The van der Waals surface area contributed by atoms with Gasteiger partial charge in [0, 0.05) is 45.0 Å². The van der Waals surface area contributed by atoms with Crippen molar-refractivity contribution in [1.82, 2.24) is 4.90 Å². The minimum atomic E-state index is -1.48. The van der Waals surface area contributed by atoms with Crippen LogP contribution in [-0.2, 0) is 52.2 Å². The molecule has 3 fully saturated rings. The standard InChI is InChI=1S/C46H79NO17/c1-13-33-30(22-58-45-42(57-12)41(56-11)37(52)26(5)60-45)18-23(2)14-15-31(49)24(3)19-29(16-17-48)39(25(4)32(50)20-34(51)62-33)64-44-38(53)36(47(9)10)40(27(6)61-44)63-35-21-46(8,55)43(54)28(7)59-35/h14-15,18,24-30,32-33,35-45,48,50,52-55H,13,16-17,19-22H2,1-12H3/b15-14-,23-18-. The quantitative estimate of drug-likeness (QED) is 0.144. The third-order valence-corrected chi connectivity index (χ3v) is 13.5. The first-order chi connectivity index (χ1) is 30.1. The molecule has 3 saturated heterocycles. The van der Waals surface area contributed by atoms with E-state index in [1.165, 1.54) is 27.2 Å². The Balaban J connectivity index is 1.62. The monoisotopic (exact) mass is 918 g/mol. The van der Waals surface area contributed by atoms with Crippen LogP contribution in [0.2, 0.25) is 0 Å². The first-order valence-electron chi connectivity index (χ1n) is 22.8. The highest BCUT2D eigenvalue weighted by Gasteiger charge is 2.52. The third-order valence-electron chi connectivity index (χ3n) is 13.5. The van der Waals surface area contributed by atoms with Crippen molar-refractivity contribution in [3.8, 4) is 0 Å². The van der Waals surface area contributed by atoms with Gasteiger partial charge in [0.05, 0.1) is 55.2 Å². The number of esters is 1. The molecule has 18 heteroatoms. The Hall–Kier alpha value is -1.98. The first kappa shape index (κ1) is 54.6. The van der Waals surface area contributed by atoms with Crippen LogP contribution in [-0.4, -0.2) is 193 Å². The van der Waals surface area contributed by atoms with Crippen LogP contribution in [0.25, 0.3) is 0 Å². The van der Waals surface area contributed by atoms with Crippen LogP contribution in [0.1, 0.15) is 87.5 Å². The summed E-state index contributed by atoms with van der Waals surface area (Å²) in [5.74, 6) is -3.31. The van der Waals surface area contributed by atoms with Gasteiger partial charge in [-0.05, 0) is 80.0 Å². The van der Waals surface area contributed by atoms with Crippen molar-refractivity contribution in [2.75, 3.05) is 41.5 Å². The smallest absolute Gasteiger partial charge is 0.308 e. The summed E-state index contributed by atoms with van der Waals surface area (Å²) in [5, 5.41) is 66.2. The Morgan fingerprint density at radius 1 is 0.844 bits per heavy atom. The van der Waals surface area contributed by atoms with E-state index in [-0.39, 0.29) is 38.3 Å². The molecule has 0 amide bonds. The van der Waals surface area contributed by atoms with Gasteiger partial charge in [-0.1, -0.05) is 38.5 Å². The number of hydrogen-bond donors (Lipinski definition) is 6. The van der Waals surface area contributed by atoms with Gasteiger partial charge in [0.25, 0.3) is 0 Å². The average Bonchev–Trinajstić information content (AvgIpc) is 3.23. The lowest BCUT2D eigenvalue weighted by molar-refractivity contribution is -0.342. The maximum atomic E-state index is 13.8. The van der Waals surface area contributed by atoms with Gasteiger partial charge in [-0.3, -0.25) is 9.59 Å². The van der Waals surface area contributed by atoms with Gasteiger partial charge in [-0.15, -0.1) is 0 Å². The minimum Gasteiger partial charge on any atom is -0.462 e. The second kappa shape index (κ2) is 24.3. The molecule has 4 aliphatic rings. The number of aliphatic hydroxyl groups is 6. The van der Waals surface area contributed by atoms with Crippen molar-refractivity contribution < 1.29 is 82.9 Å². The van der Waals surface area contributed by atoms with Gasteiger partial charge >= 0.3 is 5.97 Å². The van der Waals surface area contributed by atoms with E-state index in [0.717, 1.165) is 0 Å². The van der Waals surface area contributed by atoms with Crippen LogP contribution in [0.5, 0.6) is 0 Å². The second-order valence-electron chi connectivity index (χ2n) is 18.9. The number of aliphatic hydroxyl groups excluding tert-OH is 5.